The van der Waals surface area contributed by atoms with Crippen LogP contribution in [-0.4, -0.2) is 12.0 Å². The summed E-state index contributed by atoms with van der Waals surface area (Å²) in [4.78, 5) is 10.3. The van der Waals surface area contributed by atoms with Gasteiger partial charge in [-0.05, 0) is 6.07 Å². The third-order valence-corrected chi connectivity index (χ3v) is 1.49. The van der Waals surface area contributed by atoms with Crippen LogP contribution in [0, 0.1) is 11.8 Å². The SMILES string of the molecule is O=Cc1occc1C#CCCS. The molecule has 62 valence electrons. The van der Waals surface area contributed by atoms with Crippen LogP contribution in [0.25, 0.3) is 0 Å². The van der Waals surface area contributed by atoms with Crippen molar-refractivity contribution >= 4 is 18.9 Å². The molecule has 0 bridgehead atoms. The summed E-state index contributed by atoms with van der Waals surface area (Å²) in [6, 6.07) is 1.68. The highest BCUT2D eigenvalue weighted by molar-refractivity contribution is 7.80. The van der Waals surface area contributed by atoms with Crippen LogP contribution in [-0.2, 0) is 0 Å². The van der Waals surface area contributed by atoms with Gasteiger partial charge in [-0.15, -0.1) is 0 Å². The molecule has 1 rings (SSSR count). The summed E-state index contributed by atoms with van der Waals surface area (Å²) < 4.78 is 4.85. The van der Waals surface area contributed by atoms with Crippen molar-refractivity contribution in [1.29, 1.82) is 0 Å². The molecular weight excluding hydrogens is 172 g/mol. The molecule has 1 aromatic rings. The normalized spacial score (nSPS) is 8.75. The number of carbonyl (C=O) groups excluding carboxylic acids is 1. The molecule has 0 aromatic carbocycles. The fourth-order valence-corrected chi connectivity index (χ4v) is 0.841. The van der Waals surface area contributed by atoms with E-state index >= 15 is 0 Å². The zero-order chi connectivity index (χ0) is 8.81. The quantitative estimate of drug-likeness (QED) is 0.427. The number of furan rings is 1. The lowest BCUT2D eigenvalue weighted by Gasteiger charge is -1.81. The van der Waals surface area contributed by atoms with Gasteiger partial charge in [-0.2, -0.15) is 12.6 Å². The van der Waals surface area contributed by atoms with Gasteiger partial charge in [-0.25, -0.2) is 0 Å². The van der Waals surface area contributed by atoms with Gasteiger partial charge in [0.25, 0.3) is 0 Å². The van der Waals surface area contributed by atoms with E-state index in [2.05, 4.69) is 24.5 Å². The van der Waals surface area contributed by atoms with E-state index in [-0.39, 0.29) is 0 Å². The van der Waals surface area contributed by atoms with Crippen LogP contribution in [0.4, 0.5) is 0 Å². The molecule has 0 saturated carbocycles. The molecule has 0 aliphatic rings. The van der Waals surface area contributed by atoms with Gasteiger partial charge in [0.05, 0.1) is 11.8 Å². The molecule has 12 heavy (non-hydrogen) atoms. The van der Waals surface area contributed by atoms with E-state index in [0.717, 1.165) is 5.75 Å². The van der Waals surface area contributed by atoms with E-state index in [1.54, 1.807) is 6.07 Å². The minimum Gasteiger partial charge on any atom is -0.460 e. The van der Waals surface area contributed by atoms with E-state index in [1.165, 1.54) is 6.26 Å². The Hall–Kier alpha value is -1.14. The Bertz CT molecular complexity index is 317. The van der Waals surface area contributed by atoms with Crippen LogP contribution in [0.5, 0.6) is 0 Å². The lowest BCUT2D eigenvalue weighted by molar-refractivity contribution is 0.110. The van der Waals surface area contributed by atoms with Crippen LogP contribution in [0.2, 0.25) is 0 Å². The smallest absolute Gasteiger partial charge is 0.186 e. The number of aldehydes is 1. The maximum Gasteiger partial charge on any atom is 0.186 e. The van der Waals surface area contributed by atoms with Crippen LogP contribution < -0.4 is 0 Å². The maximum absolute atomic E-state index is 10.3. The van der Waals surface area contributed by atoms with Gasteiger partial charge in [0.15, 0.2) is 12.0 Å². The van der Waals surface area contributed by atoms with Crippen molar-refractivity contribution in [2.75, 3.05) is 5.75 Å². The molecule has 0 amide bonds. The largest absolute Gasteiger partial charge is 0.460 e. The Balaban J connectivity index is 2.76. The highest BCUT2D eigenvalue weighted by Gasteiger charge is 1.99. The number of hydrogen-bond acceptors (Lipinski definition) is 3. The molecule has 1 aromatic heterocycles. The molecule has 2 nitrogen and oxygen atoms in total. The van der Waals surface area contributed by atoms with Crippen molar-refractivity contribution < 1.29 is 9.21 Å². The van der Waals surface area contributed by atoms with Crippen LogP contribution in [0.3, 0.4) is 0 Å². The van der Waals surface area contributed by atoms with Crippen molar-refractivity contribution in [3.63, 3.8) is 0 Å². The molecule has 0 spiro atoms. The first-order valence-electron chi connectivity index (χ1n) is 3.51. The fraction of sp³-hybridized carbons (Fsp3) is 0.222. The minimum absolute atomic E-state index is 0.293. The first-order valence-corrected chi connectivity index (χ1v) is 4.14. The molecule has 1 heterocycles. The monoisotopic (exact) mass is 180 g/mol. The first kappa shape index (κ1) is 8.95. The summed E-state index contributed by atoms with van der Waals surface area (Å²) in [6.07, 6.45) is 2.83. The second-order valence-electron chi connectivity index (χ2n) is 2.09. The lowest BCUT2D eigenvalue weighted by atomic mass is 10.2. The average Bonchev–Trinajstić information content (AvgIpc) is 2.52. The van der Waals surface area contributed by atoms with Crippen LogP contribution >= 0.6 is 12.6 Å². The molecule has 0 fully saturated rings. The van der Waals surface area contributed by atoms with E-state index in [4.69, 9.17) is 4.42 Å². The molecule has 3 heteroatoms. The predicted octanol–water partition coefficient (Wildman–Crippen LogP) is 1.76. The Morgan fingerprint density at radius 1 is 1.67 bits per heavy atom. The van der Waals surface area contributed by atoms with Crippen molar-refractivity contribution in [3.8, 4) is 11.8 Å². The van der Waals surface area contributed by atoms with E-state index in [1.807, 2.05) is 0 Å². The van der Waals surface area contributed by atoms with Crippen LogP contribution in [0.15, 0.2) is 16.7 Å². The molecule has 0 radical (unpaired) electrons. The number of rotatable bonds is 2. The number of thiol groups is 1. The topological polar surface area (TPSA) is 30.2 Å². The molecule has 0 unspecified atom stereocenters. The second kappa shape index (κ2) is 4.68. The zero-order valence-electron chi connectivity index (χ0n) is 6.41. The van der Waals surface area contributed by atoms with Gasteiger partial charge in [0.2, 0.25) is 0 Å². The second-order valence-corrected chi connectivity index (χ2v) is 2.54. The summed E-state index contributed by atoms with van der Waals surface area (Å²) in [6.45, 7) is 0. The van der Waals surface area contributed by atoms with Gasteiger partial charge >= 0.3 is 0 Å². The highest BCUT2D eigenvalue weighted by atomic mass is 32.1. The van der Waals surface area contributed by atoms with Gasteiger partial charge in [-0.3, -0.25) is 4.79 Å². The highest BCUT2D eigenvalue weighted by Crippen LogP contribution is 2.05. The molecule has 0 aliphatic heterocycles. The van der Waals surface area contributed by atoms with Gasteiger partial charge < -0.3 is 4.42 Å². The Morgan fingerprint density at radius 2 is 2.50 bits per heavy atom. The Labute approximate surface area is 76.4 Å². The summed E-state index contributed by atoms with van der Waals surface area (Å²) in [5.41, 5.74) is 0.645. The summed E-state index contributed by atoms with van der Waals surface area (Å²) in [5.74, 6) is 6.70. The van der Waals surface area contributed by atoms with E-state index in [0.29, 0.717) is 24.0 Å². The summed E-state index contributed by atoms with van der Waals surface area (Å²) in [7, 11) is 0. The van der Waals surface area contributed by atoms with Crippen LogP contribution in [0.1, 0.15) is 22.5 Å². The summed E-state index contributed by atoms with van der Waals surface area (Å²) >= 11 is 4.01. The van der Waals surface area contributed by atoms with Gasteiger partial charge in [0, 0.05) is 12.2 Å². The van der Waals surface area contributed by atoms with E-state index in [9.17, 15) is 4.79 Å². The van der Waals surface area contributed by atoms with Crippen molar-refractivity contribution in [2.24, 2.45) is 0 Å². The van der Waals surface area contributed by atoms with Crippen molar-refractivity contribution in [2.45, 2.75) is 6.42 Å². The number of hydrogen-bond donors (Lipinski definition) is 1. The standard InChI is InChI=1S/C9H8O2S/c10-7-9-8(4-5-11-9)3-1-2-6-12/h4-5,7,12H,2,6H2. The van der Waals surface area contributed by atoms with Gasteiger partial charge in [-0.1, -0.05) is 11.8 Å². The molecule has 0 N–H and O–H groups in total. The third-order valence-electron chi connectivity index (χ3n) is 1.26. The fourth-order valence-electron chi connectivity index (χ4n) is 0.729. The third kappa shape index (κ3) is 2.18. The molecule has 0 aliphatic carbocycles. The zero-order valence-corrected chi connectivity index (χ0v) is 7.30. The van der Waals surface area contributed by atoms with E-state index < -0.39 is 0 Å². The van der Waals surface area contributed by atoms with Crippen molar-refractivity contribution in [1.82, 2.24) is 0 Å². The average molecular weight is 180 g/mol. The number of carbonyl (C=O) groups is 1. The molecule has 0 saturated heterocycles. The first-order chi connectivity index (χ1) is 5.88. The lowest BCUT2D eigenvalue weighted by Crippen LogP contribution is -1.78. The van der Waals surface area contributed by atoms with Crippen molar-refractivity contribution in [3.05, 3.63) is 23.7 Å². The Morgan fingerprint density at radius 3 is 3.17 bits per heavy atom. The predicted molar refractivity (Wildman–Crippen MR) is 49.4 cm³/mol. The molecular formula is C9H8O2S. The Kier molecular flexibility index (Phi) is 3.49. The minimum atomic E-state index is 0.293. The molecule has 0 atom stereocenters. The van der Waals surface area contributed by atoms with Gasteiger partial charge in [0.1, 0.15) is 0 Å². The summed E-state index contributed by atoms with van der Waals surface area (Å²) in [5, 5.41) is 0. The maximum atomic E-state index is 10.3.